The van der Waals surface area contributed by atoms with Crippen molar-refractivity contribution in [3.63, 3.8) is 0 Å². The van der Waals surface area contributed by atoms with Gasteiger partial charge in [-0.25, -0.2) is 0 Å². The summed E-state index contributed by atoms with van der Waals surface area (Å²) in [6, 6.07) is 22.2. The number of hydrogen-bond acceptors (Lipinski definition) is 5. The Labute approximate surface area is 215 Å². The van der Waals surface area contributed by atoms with Crippen LogP contribution >= 0.6 is 11.3 Å². The standard InChI is InChI=1S/C30H28N2O3S/c1-34-29-17-23(8-10-28(29)35-26-18-24-5-2-3-6-25(24)19-26)21-32(20-22-12-14-31-15-13-22)30(33)11-9-27-7-4-16-36-27/h2-17,26H,18-21H2,1H3/b11-9+. The van der Waals surface area contributed by atoms with E-state index in [-0.39, 0.29) is 12.0 Å². The minimum absolute atomic E-state index is 0.0526. The second-order valence-corrected chi connectivity index (χ2v) is 9.78. The minimum Gasteiger partial charge on any atom is -0.493 e. The highest BCUT2D eigenvalue weighted by atomic mass is 32.1. The monoisotopic (exact) mass is 496 g/mol. The molecule has 0 saturated carbocycles. The summed E-state index contributed by atoms with van der Waals surface area (Å²) in [4.78, 5) is 20.1. The molecule has 5 rings (SSSR count). The van der Waals surface area contributed by atoms with Gasteiger partial charge in [-0.05, 0) is 64.0 Å². The van der Waals surface area contributed by atoms with Crippen LogP contribution < -0.4 is 9.47 Å². The second-order valence-electron chi connectivity index (χ2n) is 8.80. The average molecular weight is 497 g/mol. The smallest absolute Gasteiger partial charge is 0.247 e. The topological polar surface area (TPSA) is 51.7 Å². The van der Waals surface area contributed by atoms with Crippen molar-refractivity contribution >= 4 is 23.3 Å². The molecular weight excluding hydrogens is 468 g/mol. The van der Waals surface area contributed by atoms with Gasteiger partial charge >= 0.3 is 0 Å². The Bertz CT molecular complexity index is 1310. The van der Waals surface area contributed by atoms with E-state index in [2.05, 4.69) is 29.2 Å². The number of aromatic nitrogens is 1. The van der Waals surface area contributed by atoms with Crippen molar-refractivity contribution in [3.8, 4) is 11.5 Å². The fourth-order valence-electron chi connectivity index (χ4n) is 4.47. The van der Waals surface area contributed by atoms with E-state index in [0.717, 1.165) is 34.6 Å². The summed E-state index contributed by atoms with van der Waals surface area (Å²) < 4.78 is 12.0. The summed E-state index contributed by atoms with van der Waals surface area (Å²) in [5.74, 6) is 1.35. The maximum atomic E-state index is 13.2. The zero-order chi connectivity index (χ0) is 24.7. The molecular formula is C30H28N2O3S. The molecule has 182 valence electrons. The van der Waals surface area contributed by atoms with Gasteiger partial charge in [0.2, 0.25) is 5.91 Å². The first kappa shape index (κ1) is 23.8. The van der Waals surface area contributed by atoms with Gasteiger partial charge < -0.3 is 14.4 Å². The summed E-state index contributed by atoms with van der Waals surface area (Å²) in [5.41, 5.74) is 4.69. The number of thiophene rings is 1. The number of carbonyl (C=O) groups is 1. The van der Waals surface area contributed by atoms with Crippen molar-refractivity contribution in [2.24, 2.45) is 0 Å². The Kier molecular flexibility index (Phi) is 7.43. The molecule has 2 aromatic heterocycles. The molecule has 0 aliphatic heterocycles. The van der Waals surface area contributed by atoms with Gasteiger partial charge in [-0.3, -0.25) is 9.78 Å². The number of ether oxygens (including phenoxy) is 2. The van der Waals surface area contributed by atoms with E-state index in [4.69, 9.17) is 9.47 Å². The number of fused-ring (bicyclic) bond motifs is 1. The van der Waals surface area contributed by atoms with Gasteiger partial charge in [-0.1, -0.05) is 36.4 Å². The number of rotatable bonds is 9. The van der Waals surface area contributed by atoms with Gasteiger partial charge in [0, 0.05) is 49.3 Å². The molecule has 0 bridgehead atoms. The van der Waals surface area contributed by atoms with Gasteiger partial charge in [0.05, 0.1) is 7.11 Å². The molecule has 0 spiro atoms. The Hall–Kier alpha value is -3.90. The zero-order valence-electron chi connectivity index (χ0n) is 20.2. The van der Waals surface area contributed by atoms with Crippen LogP contribution in [-0.4, -0.2) is 29.0 Å². The Morgan fingerprint density at radius 1 is 0.972 bits per heavy atom. The molecule has 0 N–H and O–H groups in total. The summed E-state index contributed by atoms with van der Waals surface area (Å²) in [6.45, 7) is 0.929. The van der Waals surface area contributed by atoms with E-state index in [1.807, 2.05) is 58.8 Å². The average Bonchev–Trinajstić information content (AvgIpc) is 3.58. The summed E-state index contributed by atoms with van der Waals surface area (Å²) >= 11 is 1.60. The number of nitrogens with zero attached hydrogens (tertiary/aromatic N) is 2. The predicted octanol–water partition coefficient (Wildman–Crippen LogP) is 5.94. The highest BCUT2D eigenvalue weighted by molar-refractivity contribution is 7.10. The summed E-state index contributed by atoms with van der Waals surface area (Å²) in [7, 11) is 1.65. The molecule has 36 heavy (non-hydrogen) atoms. The number of carbonyl (C=O) groups excluding carboxylic acids is 1. The van der Waals surface area contributed by atoms with Crippen LogP contribution in [0, 0.1) is 0 Å². The first-order chi connectivity index (χ1) is 17.7. The van der Waals surface area contributed by atoms with Gasteiger partial charge in [0.15, 0.2) is 11.5 Å². The Balaban J connectivity index is 1.32. The molecule has 0 unspecified atom stereocenters. The van der Waals surface area contributed by atoms with Crippen LogP contribution in [-0.2, 0) is 30.7 Å². The van der Waals surface area contributed by atoms with Crippen LogP contribution in [0.2, 0.25) is 0 Å². The highest BCUT2D eigenvalue weighted by Crippen LogP contribution is 2.33. The van der Waals surface area contributed by atoms with Crippen molar-refractivity contribution in [1.29, 1.82) is 0 Å². The summed E-state index contributed by atoms with van der Waals surface area (Å²) in [5, 5.41) is 2.00. The summed E-state index contributed by atoms with van der Waals surface area (Å²) in [6.07, 6.45) is 8.88. The maximum absolute atomic E-state index is 13.2. The zero-order valence-corrected chi connectivity index (χ0v) is 21.0. The molecule has 0 atom stereocenters. The van der Waals surface area contributed by atoms with Crippen LogP contribution in [0.5, 0.6) is 11.5 Å². The molecule has 6 heteroatoms. The third-order valence-corrected chi connectivity index (χ3v) is 7.11. The number of methoxy groups -OCH3 is 1. The van der Waals surface area contributed by atoms with Crippen LogP contribution in [0.3, 0.4) is 0 Å². The van der Waals surface area contributed by atoms with Crippen LogP contribution in [0.1, 0.15) is 27.1 Å². The lowest BCUT2D eigenvalue weighted by atomic mass is 10.1. The number of hydrogen-bond donors (Lipinski definition) is 0. The molecule has 4 aromatic rings. The van der Waals surface area contributed by atoms with Gasteiger partial charge in [0.1, 0.15) is 6.10 Å². The van der Waals surface area contributed by atoms with Gasteiger partial charge in [-0.15, -0.1) is 11.3 Å². The van der Waals surface area contributed by atoms with Crippen molar-refractivity contribution in [2.75, 3.05) is 7.11 Å². The van der Waals surface area contributed by atoms with Crippen molar-refractivity contribution in [1.82, 2.24) is 9.88 Å². The van der Waals surface area contributed by atoms with E-state index < -0.39 is 0 Å². The van der Waals surface area contributed by atoms with Crippen molar-refractivity contribution < 1.29 is 14.3 Å². The van der Waals surface area contributed by atoms with E-state index in [1.54, 1.807) is 36.9 Å². The normalized spacial score (nSPS) is 13.0. The van der Waals surface area contributed by atoms with Crippen LogP contribution in [0.15, 0.2) is 90.6 Å². The number of benzene rings is 2. The lowest BCUT2D eigenvalue weighted by Gasteiger charge is -2.23. The first-order valence-corrected chi connectivity index (χ1v) is 12.9. The lowest BCUT2D eigenvalue weighted by Crippen LogP contribution is -2.28. The molecule has 5 nitrogen and oxygen atoms in total. The van der Waals surface area contributed by atoms with Crippen molar-refractivity contribution in [2.45, 2.75) is 32.0 Å². The largest absolute Gasteiger partial charge is 0.493 e. The SMILES string of the molecule is COc1cc(CN(Cc2ccncc2)C(=O)/C=C/c2cccs2)ccc1OC1Cc2ccccc2C1. The predicted molar refractivity (Wildman–Crippen MR) is 143 cm³/mol. The van der Waals surface area contributed by atoms with E-state index in [9.17, 15) is 4.79 Å². The fraction of sp³-hybridized carbons (Fsp3) is 0.200. The third-order valence-electron chi connectivity index (χ3n) is 6.28. The van der Waals surface area contributed by atoms with Crippen molar-refractivity contribution in [3.05, 3.63) is 118 Å². The van der Waals surface area contributed by atoms with E-state index >= 15 is 0 Å². The van der Waals surface area contributed by atoms with Crippen LogP contribution in [0.4, 0.5) is 0 Å². The Morgan fingerprint density at radius 2 is 1.72 bits per heavy atom. The maximum Gasteiger partial charge on any atom is 0.247 e. The molecule has 0 saturated heterocycles. The van der Waals surface area contributed by atoms with Gasteiger partial charge in [-0.2, -0.15) is 0 Å². The minimum atomic E-state index is -0.0526. The second kappa shape index (κ2) is 11.2. The van der Waals surface area contributed by atoms with Crippen LogP contribution in [0.25, 0.3) is 6.08 Å². The molecule has 0 radical (unpaired) electrons. The molecule has 1 amide bonds. The van der Waals surface area contributed by atoms with E-state index in [0.29, 0.717) is 18.8 Å². The molecule has 1 aliphatic carbocycles. The molecule has 2 aromatic carbocycles. The first-order valence-electron chi connectivity index (χ1n) is 12.0. The molecule has 1 aliphatic rings. The van der Waals surface area contributed by atoms with Gasteiger partial charge in [0.25, 0.3) is 0 Å². The Morgan fingerprint density at radius 3 is 2.42 bits per heavy atom. The van der Waals surface area contributed by atoms with E-state index in [1.165, 1.54) is 11.1 Å². The quantitative estimate of drug-likeness (QED) is 0.269. The lowest BCUT2D eigenvalue weighted by molar-refractivity contribution is -0.127. The fourth-order valence-corrected chi connectivity index (χ4v) is 5.09. The third kappa shape index (κ3) is 5.83. The molecule has 2 heterocycles. The number of pyridine rings is 1. The number of amides is 1. The highest BCUT2D eigenvalue weighted by Gasteiger charge is 2.24. The molecule has 0 fully saturated rings.